The number of aliphatic hydroxyl groups excluding tert-OH is 1. The number of nitrogens with one attached hydrogen (secondary N) is 2. The van der Waals surface area contributed by atoms with Gasteiger partial charge in [-0.05, 0) is 29.7 Å². The minimum Gasteiger partial charge on any atom is -0.465 e. The first kappa shape index (κ1) is 21.1. The second-order valence-corrected chi connectivity index (χ2v) is 6.86. The fourth-order valence-electron chi connectivity index (χ4n) is 3.03. The van der Waals surface area contributed by atoms with Crippen molar-refractivity contribution < 1.29 is 19.8 Å². The third-order valence-electron chi connectivity index (χ3n) is 4.64. The Bertz CT molecular complexity index is 943. The highest BCUT2D eigenvalue weighted by atomic mass is 16.4. The zero-order chi connectivity index (χ0) is 21.3. The number of aromatic amines is 1. The van der Waals surface area contributed by atoms with E-state index in [4.69, 9.17) is 0 Å². The van der Waals surface area contributed by atoms with E-state index in [0.717, 1.165) is 5.56 Å². The Morgan fingerprint density at radius 3 is 2.47 bits per heavy atom. The van der Waals surface area contributed by atoms with E-state index in [0.29, 0.717) is 23.5 Å². The van der Waals surface area contributed by atoms with Crippen LogP contribution in [0, 0.1) is 0 Å². The van der Waals surface area contributed by atoms with E-state index in [2.05, 4.69) is 15.3 Å². The molecule has 0 aliphatic carbocycles. The summed E-state index contributed by atoms with van der Waals surface area (Å²) in [5, 5.41) is 22.6. The molecule has 2 amide bonds. The molecule has 3 rings (SSSR count). The van der Waals surface area contributed by atoms with Crippen LogP contribution in [-0.4, -0.2) is 50.2 Å². The lowest BCUT2D eigenvalue weighted by molar-refractivity contribution is -0.115. The summed E-state index contributed by atoms with van der Waals surface area (Å²) in [6, 6.07) is 16.2. The standard InChI is InChI=1S/C22H24N4O4/c27-19(17-4-2-1-3-5-17)15-26(22(29)30)13-10-16-6-8-18(9-7-16)25-21(28)14-20-23-11-12-24-20/h1-9,11-12,19,27H,10,13-15H2,(H,23,24)(H,25,28)(H,29,30). The van der Waals surface area contributed by atoms with E-state index < -0.39 is 12.2 Å². The average molecular weight is 408 g/mol. The summed E-state index contributed by atoms with van der Waals surface area (Å²) in [4.78, 5) is 31.7. The van der Waals surface area contributed by atoms with Crippen LogP contribution in [0.1, 0.15) is 23.1 Å². The summed E-state index contributed by atoms with van der Waals surface area (Å²) in [5.41, 5.74) is 2.27. The number of hydrogen-bond donors (Lipinski definition) is 4. The quantitative estimate of drug-likeness (QED) is 0.434. The topological polar surface area (TPSA) is 119 Å². The lowest BCUT2D eigenvalue weighted by Gasteiger charge is -2.22. The number of aromatic nitrogens is 2. The van der Waals surface area contributed by atoms with Crippen LogP contribution < -0.4 is 5.32 Å². The molecule has 1 unspecified atom stereocenters. The molecule has 4 N–H and O–H groups in total. The van der Waals surface area contributed by atoms with Crippen molar-refractivity contribution >= 4 is 17.7 Å². The number of rotatable bonds is 9. The molecule has 1 heterocycles. The zero-order valence-corrected chi connectivity index (χ0v) is 16.4. The Balaban J connectivity index is 1.51. The minimum atomic E-state index is -1.08. The fraction of sp³-hybridized carbons (Fsp3) is 0.227. The molecule has 0 fully saturated rings. The summed E-state index contributed by atoms with van der Waals surface area (Å²) in [6.45, 7) is 0.254. The summed E-state index contributed by atoms with van der Waals surface area (Å²) in [5.74, 6) is 0.417. The van der Waals surface area contributed by atoms with Crippen molar-refractivity contribution in [2.45, 2.75) is 18.9 Å². The molecule has 0 radical (unpaired) electrons. The second kappa shape index (κ2) is 10.2. The van der Waals surface area contributed by atoms with Crippen molar-refractivity contribution in [1.29, 1.82) is 0 Å². The van der Waals surface area contributed by atoms with Crippen LogP contribution in [0.3, 0.4) is 0 Å². The van der Waals surface area contributed by atoms with Crippen molar-refractivity contribution in [2.24, 2.45) is 0 Å². The molecule has 2 aromatic carbocycles. The van der Waals surface area contributed by atoms with Crippen molar-refractivity contribution in [1.82, 2.24) is 14.9 Å². The van der Waals surface area contributed by atoms with Crippen LogP contribution in [0.25, 0.3) is 0 Å². The van der Waals surface area contributed by atoms with Crippen molar-refractivity contribution in [2.75, 3.05) is 18.4 Å². The lowest BCUT2D eigenvalue weighted by Crippen LogP contribution is -2.35. The van der Waals surface area contributed by atoms with Crippen LogP contribution in [0.4, 0.5) is 10.5 Å². The molecule has 8 heteroatoms. The molecule has 8 nitrogen and oxygen atoms in total. The van der Waals surface area contributed by atoms with E-state index in [1.54, 1.807) is 48.8 Å². The molecule has 0 saturated carbocycles. The molecule has 0 aliphatic heterocycles. The molecule has 1 aromatic heterocycles. The van der Waals surface area contributed by atoms with Gasteiger partial charge in [0.05, 0.1) is 19.1 Å². The molecule has 1 atom stereocenters. The van der Waals surface area contributed by atoms with Crippen LogP contribution in [0.2, 0.25) is 0 Å². The average Bonchev–Trinajstić information content (AvgIpc) is 3.25. The maximum atomic E-state index is 12.0. The van der Waals surface area contributed by atoms with Crippen molar-refractivity contribution in [3.8, 4) is 0 Å². The van der Waals surface area contributed by atoms with Gasteiger partial charge in [0.2, 0.25) is 5.91 Å². The highest BCUT2D eigenvalue weighted by Crippen LogP contribution is 2.15. The number of H-pyrrole nitrogens is 1. The number of benzene rings is 2. The van der Waals surface area contributed by atoms with Gasteiger partial charge in [0, 0.05) is 24.6 Å². The molecular weight excluding hydrogens is 384 g/mol. The third kappa shape index (κ3) is 6.18. The smallest absolute Gasteiger partial charge is 0.407 e. The predicted octanol–water partition coefficient (Wildman–Crippen LogP) is 2.85. The monoisotopic (exact) mass is 408 g/mol. The molecule has 0 spiro atoms. The van der Waals surface area contributed by atoms with Crippen LogP contribution in [0.15, 0.2) is 67.0 Å². The molecule has 0 saturated heterocycles. The number of carboxylic acid groups (broad SMARTS) is 1. The number of anilines is 1. The number of aliphatic hydroxyl groups is 1. The van der Waals surface area contributed by atoms with E-state index in [9.17, 15) is 19.8 Å². The van der Waals surface area contributed by atoms with Gasteiger partial charge in [0.1, 0.15) is 5.82 Å². The number of imidazole rings is 1. The molecule has 30 heavy (non-hydrogen) atoms. The summed E-state index contributed by atoms with van der Waals surface area (Å²) in [6.07, 6.45) is 1.95. The third-order valence-corrected chi connectivity index (χ3v) is 4.64. The first-order valence-corrected chi connectivity index (χ1v) is 9.59. The van der Waals surface area contributed by atoms with Gasteiger partial charge in [-0.1, -0.05) is 42.5 Å². The van der Waals surface area contributed by atoms with Gasteiger partial charge < -0.3 is 25.4 Å². The number of hydrogen-bond acceptors (Lipinski definition) is 4. The van der Waals surface area contributed by atoms with Crippen LogP contribution in [0.5, 0.6) is 0 Å². The van der Waals surface area contributed by atoms with E-state index in [-0.39, 0.29) is 25.4 Å². The van der Waals surface area contributed by atoms with E-state index in [1.807, 2.05) is 18.2 Å². The van der Waals surface area contributed by atoms with Gasteiger partial charge in [-0.15, -0.1) is 0 Å². The first-order valence-electron chi connectivity index (χ1n) is 9.59. The van der Waals surface area contributed by atoms with Gasteiger partial charge in [-0.2, -0.15) is 0 Å². The highest BCUT2D eigenvalue weighted by molar-refractivity contribution is 5.91. The molecule has 156 valence electrons. The van der Waals surface area contributed by atoms with Gasteiger partial charge in [-0.3, -0.25) is 4.79 Å². The zero-order valence-electron chi connectivity index (χ0n) is 16.4. The Hall–Kier alpha value is -3.65. The van der Waals surface area contributed by atoms with Gasteiger partial charge in [0.25, 0.3) is 0 Å². The van der Waals surface area contributed by atoms with E-state index in [1.165, 1.54) is 4.90 Å². The lowest BCUT2D eigenvalue weighted by atomic mass is 10.1. The highest BCUT2D eigenvalue weighted by Gasteiger charge is 2.17. The maximum Gasteiger partial charge on any atom is 0.407 e. The minimum absolute atomic E-state index is 0.000265. The van der Waals surface area contributed by atoms with E-state index >= 15 is 0 Å². The Kier molecular flexibility index (Phi) is 7.18. The SMILES string of the molecule is O=C(Cc1ncc[nH]1)Nc1ccc(CCN(CC(O)c2ccccc2)C(=O)O)cc1. The van der Waals surface area contributed by atoms with Gasteiger partial charge in [-0.25, -0.2) is 9.78 Å². The Morgan fingerprint density at radius 2 is 1.83 bits per heavy atom. The molecular formula is C22H24N4O4. The molecule has 3 aromatic rings. The summed E-state index contributed by atoms with van der Waals surface area (Å²) < 4.78 is 0. The summed E-state index contributed by atoms with van der Waals surface area (Å²) >= 11 is 0. The number of carbonyl (C=O) groups excluding carboxylic acids is 1. The fourth-order valence-corrected chi connectivity index (χ4v) is 3.03. The van der Waals surface area contributed by atoms with Crippen molar-refractivity contribution in [3.05, 3.63) is 83.9 Å². The van der Waals surface area contributed by atoms with Gasteiger partial charge in [0.15, 0.2) is 0 Å². The van der Waals surface area contributed by atoms with Crippen LogP contribution in [-0.2, 0) is 17.6 Å². The Labute approximate surface area is 174 Å². The maximum absolute atomic E-state index is 12.0. The summed E-state index contributed by atoms with van der Waals surface area (Å²) in [7, 11) is 0. The number of nitrogens with zero attached hydrogens (tertiary/aromatic N) is 2. The largest absolute Gasteiger partial charge is 0.465 e. The first-order chi connectivity index (χ1) is 14.5. The number of carbonyl (C=O) groups is 2. The number of amides is 2. The van der Waals surface area contributed by atoms with Gasteiger partial charge >= 0.3 is 6.09 Å². The molecule has 0 aliphatic rings. The second-order valence-electron chi connectivity index (χ2n) is 6.86. The Morgan fingerprint density at radius 1 is 1.10 bits per heavy atom. The normalized spacial score (nSPS) is 11.6. The molecule has 0 bridgehead atoms. The predicted molar refractivity (Wildman–Crippen MR) is 112 cm³/mol. The van der Waals surface area contributed by atoms with Crippen LogP contribution >= 0.6 is 0 Å². The van der Waals surface area contributed by atoms with Crippen molar-refractivity contribution in [3.63, 3.8) is 0 Å².